The van der Waals surface area contributed by atoms with Gasteiger partial charge in [0.15, 0.2) is 5.76 Å². The van der Waals surface area contributed by atoms with Gasteiger partial charge in [0.1, 0.15) is 23.6 Å². The van der Waals surface area contributed by atoms with Crippen LogP contribution in [0.5, 0.6) is 11.5 Å². The number of furan rings is 1. The number of hydrogen-bond acceptors (Lipinski definition) is 4. The van der Waals surface area contributed by atoms with Crippen LogP contribution in [0.3, 0.4) is 0 Å². The average molecular weight is 389 g/mol. The maximum Gasteiger partial charge on any atom is 0.232 e. The van der Waals surface area contributed by atoms with Crippen LogP contribution in [0, 0.1) is 5.92 Å². The van der Waals surface area contributed by atoms with Gasteiger partial charge in [0.2, 0.25) is 5.78 Å². The Morgan fingerprint density at radius 1 is 1.24 bits per heavy atom. The van der Waals surface area contributed by atoms with Gasteiger partial charge in [-0.05, 0) is 31.0 Å². The second-order valence-electron chi connectivity index (χ2n) is 8.17. The molecule has 2 atom stereocenters. The number of quaternary nitrogens is 1. The molecule has 0 saturated carbocycles. The van der Waals surface area contributed by atoms with Gasteiger partial charge in [-0.25, -0.2) is 0 Å². The first kappa shape index (κ1) is 18.0. The fraction of sp³-hybridized carbons (Fsp3) is 0.292. The number of ether oxygens (including phenoxy) is 1. The van der Waals surface area contributed by atoms with Gasteiger partial charge in [-0.3, -0.25) is 4.79 Å². The number of ketones is 1. The second kappa shape index (κ2) is 7.08. The fourth-order valence-corrected chi connectivity index (χ4v) is 4.47. The number of hydrogen-bond donors (Lipinski definition) is 1. The summed E-state index contributed by atoms with van der Waals surface area (Å²) in [5.74, 6) is 1.57. The van der Waals surface area contributed by atoms with Crippen LogP contribution in [0.15, 0.2) is 52.6 Å². The molecule has 0 aliphatic carbocycles. The van der Waals surface area contributed by atoms with Crippen molar-refractivity contribution < 1.29 is 24.0 Å². The van der Waals surface area contributed by atoms with Crippen LogP contribution >= 0.6 is 0 Å². The Morgan fingerprint density at radius 2 is 2.10 bits per heavy atom. The van der Waals surface area contributed by atoms with E-state index in [9.17, 15) is 9.90 Å². The summed E-state index contributed by atoms with van der Waals surface area (Å²) < 4.78 is 11.7. The lowest BCUT2D eigenvalue weighted by molar-refractivity contribution is -0.922. The molecule has 0 amide bonds. The van der Waals surface area contributed by atoms with Gasteiger partial charge in [0.25, 0.3) is 0 Å². The number of para-hydroxylation sites is 1. The van der Waals surface area contributed by atoms with Crippen molar-refractivity contribution in [1.29, 1.82) is 0 Å². The van der Waals surface area contributed by atoms with Crippen LogP contribution in [0.25, 0.3) is 17.0 Å². The Balaban J connectivity index is 1.46. The third-order valence-electron chi connectivity index (χ3n) is 5.91. The van der Waals surface area contributed by atoms with E-state index < -0.39 is 0 Å². The molecule has 0 bridgehead atoms. The third kappa shape index (κ3) is 3.32. The van der Waals surface area contributed by atoms with E-state index >= 15 is 0 Å². The van der Waals surface area contributed by atoms with Crippen molar-refractivity contribution in [2.45, 2.75) is 26.3 Å². The zero-order chi connectivity index (χ0) is 20.0. The lowest BCUT2D eigenvalue weighted by Crippen LogP contribution is -3.12. The number of allylic oxidation sites excluding steroid dienone is 1. The Bertz CT molecular complexity index is 1090. The predicted octanol–water partition coefficient (Wildman–Crippen LogP) is 2.94. The van der Waals surface area contributed by atoms with E-state index in [-0.39, 0.29) is 17.3 Å². The van der Waals surface area contributed by atoms with Crippen molar-refractivity contribution in [3.05, 3.63) is 65.1 Å². The number of carbonyl (C=O) groups excluding carboxylic acids is 1. The van der Waals surface area contributed by atoms with Gasteiger partial charge in [0.05, 0.1) is 18.7 Å². The molecule has 5 rings (SSSR count). The predicted molar refractivity (Wildman–Crippen MR) is 108 cm³/mol. The van der Waals surface area contributed by atoms with Crippen LogP contribution in [0.1, 0.15) is 41.4 Å². The summed E-state index contributed by atoms with van der Waals surface area (Å²) >= 11 is 0. The minimum Gasteiger partial charge on any atom is -0.872 e. The summed E-state index contributed by atoms with van der Waals surface area (Å²) in [5.41, 5.74) is 1.83. The molecular formula is C24H23NO4. The van der Waals surface area contributed by atoms with Crippen LogP contribution in [-0.4, -0.2) is 18.9 Å². The molecule has 1 saturated heterocycles. The van der Waals surface area contributed by atoms with Crippen LogP contribution in [0.2, 0.25) is 0 Å². The molecule has 1 N–H and O–H groups in total. The molecule has 2 aromatic carbocycles. The molecule has 5 nitrogen and oxygen atoms in total. The largest absolute Gasteiger partial charge is 0.872 e. The highest BCUT2D eigenvalue weighted by Crippen LogP contribution is 2.38. The van der Waals surface area contributed by atoms with Crippen LogP contribution < -0.4 is 14.7 Å². The fourth-order valence-electron chi connectivity index (χ4n) is 4.47. The molecule has 29 heavy (non-hydrogen) atoms. The van der Waals surface area contributed by atoms with Gasteiger partial charge >= 0.3 is 0 Å². The first-order chi connectivity index (χ1) is 14.1. The summed E-state index contributed by atoms with van der Waals surface area (Å²) in [7, 11) is 0. The standard InChI is InChI=1S/C24H23NO4/c1-15-5-4-10-25(13-15)14-19-20(26)9-8-18-23(27)22(29-24(18)19)12-17-11-16-6-2-3-7-21(16)28-17/h2-3,6-9,11-12,15,26H,4-5,10,13-14H2,1H3. The van der Waals surface area contributed by atoms with E-state index in [0.29, 0.717) is 35.1 Å². The highest BCUT2D eigenvalue weighted by molar-refractivity contribution is 6.14. The Hall–Kier alpha value is -3.05. The molecule has 0 radical (unpaired) electrons. The third-order valence-corrected chi connectivity index (χ3v) is 5.91. The van der Waals surface area contributed by atoms with Gasteiger partial charge in [-0.1, -0.05) is 36.9 Å². The summed E-state index contributed by atoms with van der Waals surface area (Å²) in [6, 6.07) is 12.6. The molecule has 2 aliphatic rings. The molecule has 148 valence electrons. The minimum absolute atomic E-state index is 0.0627. The van der Waals surface area contributed by atoms with E-state index in [0.717, 1.165) is 30.5 Å². The van der Waals surface area contributed by atoms with Crippen molar-refractivity contribution in [3.63, 3.8) is 0 Å². The number of carbonyl (C=O) groups is 1. The number of nitrogens with one attached hydrogen (secondary N) is 1. The monoisotopic (exact) mass is 389 g/mol. The number of rotatable bonds is 3. The van der Waals surface area contributed by atoms with E-state index in [1.54, 1.807) is 12.1 Å². The van der Waals surface area contributed by atoms with Crippen molar-refractivity contribution in [1.82, 2.24) is 0 Å². The Morgan fingerprint density at radius 3 is 2.93 bits per heavy atom. The van der Waals surface area contributed by atoms with Crippen molar-refractivity contribution in [2.75, 3.05) is 13.1 Å². The van der Waals surface area contributed by atoms with Gasteiger partial charge in [-0.15, -0.1) is 0 Å². The van der Waals surface area contributed by atoms with Crippen LogP contribution in [0.4, 0.5) is 0 Å². The van der Waals surface area contributed by atoms with E-state index in [2.05, 4.69) is 6.92 Å². The Kier molecular flexibility index (Phi) is 4.40. The van der Waals surface area contributed by atoms with Gasteiger partial charge in [-0.2, -0.15) is 0 Å². The maximum absolute atomic E-state index is 12.9. The number of Topliss-reactive ketones (excluding diaryl/α,β-unsaturated/α-hetero) is 1. The molecule has 3 heterocycles. The number of benzene rings is 2. The smallest absolute Gasteiger partial charge is 0.232 e. The number of likely N-dealkylation sites (tertiary alicyclic amines) is 1. The van der Waals surface area contributed by atoms with E-state index in [4.69, 9.17) is 9.15 Å². The Labute approximate surface area is 169 Å². The van der Waals surface area contributed by atoms with Crippen molar-refractivity contribution >= 4 is 22.8 Å². The second-order valence-corrected chi connectivity index (χ2v) is 8.17. The lowest BCUT2D eigenvalue weighted by atomic mass is 9.99. The summed E-state index contributed by atoms with van der Waals surface area (Å²) in [4.78, 5) is 14.3. The molecular weight excluding hydrogens is 366 g/mol. The molecule has 2 unspecified atom stereocenters. The molecule has 0 spiro atoms. The SMILES string of the molecule is CC1CCC[NH+](Cc2c([O-])ccc3c2OC(=Cc2cc4ccccc4o2)C3=O)C1. The van der Waals surface area contributed by atoms with Crippen molar-refractivity contribution in [2.24, 2.45) is 5.92 Å². The first-order valence-electron chi connectivity index (χ1n) is 10.2. The normalized spacial score (nSPS) is 22.8. The summed E-state index contributed by atoms with van der Waals surface area (Å²) in [5, 5.41) is 13.5. The maximum atomic E-state index is 12.9. The van der Waals surface area contributed by atoms with Gasteiger partial charge in [0, 0.05) is 22.9 Å². The summed E-state index contributed by atoms with van der Waals surface area (Å²) in [6.45, 7) is 4.93. The first-order valence-corrected chi connectivity index (χ1v) is 10.2. The highest BCUT2D eigenvalue weighted by Gasteiger charge is 2.32. The molecule has 1 fully saturated rings. The average Bonchev–Trinajstić information content (AvgIpc) is 3.25. The molecule has 2 aliphatic heterocycles. The topological polar surface area (TPSA) is 66.9 Å². The van der Waals surface area contributed by atoms with Crippen LogP contribution in [-0.2, 0) is 6.54 Å². The van der Waals surface area contributed by atoms with E-state index in [1.165, 1.54) is 17.4 Å². The van der Waals surface area contributed by atoms with Gasteiger partial charge < -0.3 is 19.2 Å². The number of fused-ring (bicyclic) bond motifs is 2. The van der Waals surface area contributed by atoms with Crippen molar-refractivity contribution in [3.8, 4) is 11.5 Å². The zero-order valence-electron chi connectivity index (χ0n) is 16.4. The highest BCUT2D eigenvalue weighted by atomic mass is 16.5. The minimum atomic E-state index is -0.205. The number of piperidine rings is 1. The molecule has 1 aromatic heterocycles. The quantitative estimate of drug-likeness (QED) is 0.700. The zero-order valence-corrected chi connectivity index (χ0v) is 16.4. The summed E-state index contributed by atoms with van der Waals surface area (Å²) in [6.07, 6.45) is 4.02. The van der Waals surface area contributed by atoms with E-state index in [1.807, 2.05) is 30.3 Å². The molecule has 5 heteroatoms. The lowest BCUT2D eigenvalue weighted by Gasteiger charge is -2.29. The molecule has 3 aromatic rings.